The van der Waals surface area contributed by atoms with E-state index in [0.29, 0.717) is 0 Å². The molecule has 5 heavy (non-hydrogen) atoms. The van der Waals surface area contributed by atoms with Gasteiger partial charge in [0.15, 0.2) is 0 Å². The summed E-state index contributed by atoms with van der Waals surface area (Å²) in [5, 5.41) is 0. The first-order chi connectivity index (χ1) is 1.73. The maximum Gasteiger partial charge on any atom is 0.433 e. The maximum absolute atomic E-state index is 8.63. The van der Waals surface area contributed by atoms with Crippen LogP contribution in [0.3, 0.4) is 0 Å². The van der Waals surface area contributed by atoms with E-state index in [0.717, 1.165) is 0 Å². The van der Waals surface area contributed by atoms with Crippen molar-refractivity contribution in [2.75, 3.05) is 0 Å². The van der Waals surface area contributed by atoms with Gasteiger partial charge in [0.25, 0.3) is 0 Å². The largest absolute Gasteiger partial charge is 0.433 e. The fraction of sp³-hybridized carbons (Fsp3) is 0. The van der Waals surface area contributed by atoms with Crippen molar-refractivity contribution in [2.24, 2.45) is 0 Å². The molecule has 0 aliphatic heterocycles. The Morgan fingerprint density at radius 2 is 1.40 bits per heavy atom. The van der Waals surface area contributed by atoms with Gasteiger partial charge in [0.05, 0.1) is 0 Å². The van der Waals surface area contributed by atoms with E-state index >= 15 is 0 Å². The summed E-state index contributed by atoms with van der Waals surface area (Å²) < 4.78 is 24.3. The molecule has 1 radical (unpaired) electrons. The topological polar surface area (TPSA) is 66.3 Å². The van der Waals surface area contributed by atoms with E-state index in [9.17, 15) is 0 Å². The standard InChI is InChI=1S/BrHO3.Cu/c2-1(3)4;/h2H;. The van der Waals surface area contributed by atoms with Gasteiger partial charge < -0.3 is 8.40 Å². The molecule has 0 aliphatic rings. The van der Waals surface area contributed by atoms with Crippen molar-refractivity contribution < 1.29 is 44.5 Å². The van der Waals surface area contributed by atoms with Gasteiger partial charge in [-0.1, -0.05) is 0 Å². The molecular weight excluding hydrogens is 191 g/mol. The normalized spacial score (nSPS) is 7.20. The Morgan fingerprint density at radius 3 is 1.40 bits per heavy atom. The van der Waals surface area contributed by atoms with Crippen molar-refractivity contribution in [1.29, 1.82) is 0 Å². The molecule has 0 saturated heterocycles. The quantitative estimate of drug-likeness (QED) is 0.418. The van der Waals surface area contributed by atoms with E-state index in [1.54, 1.807) is 0 Å². The van der Waals surface area contributed by atoms with Crippen LogP contribution in [0.1, 0.15) is 0 Å². The van der Waals surface area contributed by atoms with Gasteiger partial charge in [0, 0.05) is 17.1 Å². The Hall–Kier alpha value is 0.879. The third-order valence-electron chi connectivity index (χ3n) is 0. The van der Waals surface area contributed by atoms with E-state index in [-0.39, 0.29) is 17.1 Å². The van der Waals surface area contributed by atoms with Crippen molar-refractivity contribution in [3.63, 3.8) is 0 Å². The Kier molecular flexibility index (Phi) is 9.08. The SMILES string of the molecule is [Cu].[O-][Br+2]([O-])O. The number of halogens is 1. The van der Waals surface area contributed by atoms with Gasteiger partial charge in [-0.05, 0) is 4.20 Å². The van der Waals surface area contributed by atoms with Crippen molar-refractivity contribution in [3.05, 3.63) is 0 Å². The molecule has 37 valence electrons. The van der Waals surface area contributed by atoms with Crippen LogP contribution in [0.15, 0.2) is 0 Å². The van der Waals surface area contributed by atoms with Crippen LogP contribution < -0.4 is 8.40 Å². The summed E-state index contributed by atoms with van der Waals surface area (Å²) in [6, 6.07) is 0. The molecule has 0 unspecified atom stereocenters. The Morgan fingerprint density at radius 1 is 1.40 bits per heavy atom. The molecular formula is HBrCuO3. The molecule has 0 saturated carbocycles. The zero-order valence-electron chi connectivity index (χ0n) is 1.94. The summed E-state index contributed by atoms with van der Waals surface area (Å²) >= 11 is -3.40. The fourth-order valence-corrected chi connectivity index (χ4v) is 0. The Bertz CT molecular complexity index is 11.6. The molecule has 0 spiro atoms. The zero-order valence-corrected chi connectivity index (χ0v) is 4.47. The number of hydrogen-bond acceptors (Lipinski definition) is 3. The van der Waals surface area contributed by atoms with Gasteiger partial charge in [-0.3, -0.25) is 0 Å². The first-order valence-corrected chi connectivity index (χ1v) is 2.48. The minimum Gasteiger partial charge on any atom is -0.372 e. The Balaban J connectivity index is 0. The van der Waals surface area contributed by atoms with E-state index < -0.39 is 14.8 Å². The second-order valence-corrected chi connectivity index (χ2v) is 1.04. The third kappa shape index (κ3) is 52.3. The maximum atomic E-state index is 8.63. The molecule has 3 nitrogen and oxygen atoms in total. The van der Waals surface area contributed by atoms with Gasteiger partial charge in [-0.15, -0.1) is 0 Å². The van der Waals surface area contributed by atoms with Crippen LogP contribution in [0, 0.1) is 14.8 Å². The second-order valence-electron chi connectivity index (χ2n) is 0.201. The molecule has 0 aliphatic carbocycles. The van der Waals surface area contributed by atoms with Crippen LogP contribution in [-0.2, 0) is 17.1 Å². The first-order valence-electron chi connectivity index (χ1n) is 0.478. The second kappa shape index (κ2) is 4.88. The molecule has 0 heterocycles. The first kappa shape index (κ1) is 9.30. The molecule has 0 aromatic carbocycles. The molecule has 0 bridgehead atoms. The zero-order chi connectivity index (χ0) is 3.58. The number of rotatable bonds is 0. The van der Waals surface area contributed by atoms with Gasteiger partial charge in [-0.2, -0.15) is 0 Å². The predicted octanol–water partition coefficient (Wildman–Crippen LogP) is -2.94. The van der Waals surface area contributed by atoms with E-state index in [1.807, 2.05) is 0 Å². The predicted molar refractivity (Wildman–Crippen MR) is 2.22 cm³/mol. The van der Waals surface area contributed by atoms with Crippen molar-refractivity contribution in [1.82, 2.24) is 0 Å². The molecule has 0 atom stereocenters. The van der Waals surface area contributed by atoms with Crippen LogP contribution >= 0.6 is 0 Å². The van der Waals surface area contributed by atoms with Crippen LogP contribution in [0.4, 0.5) is 0 Å². The van der Waals surface area contributed by atoms with E-state index in [4.69, 9.17) is 12.6 Å². The monoisotopic (exact) mass is 191 g/mol. The smallest absolute Gasteiger partial charge is 0.372 e. The third-order valence-corrected chi connectivity index (χ3v) is 0. The van der Waals surface area contributed by atoms with Crippen LogP contribution in [-0.4, -0.2) is 4.20 Å². The van der Waals surface area contributed by atoms with Gasteiger partial charge in [0.2, 0.25) is 0 Å². The van der Waals surface area contributed by atoms with Gasteiger partial charge in [0.1, 0.15) is 0 Å². The van der Waals surface area contributed by atoms with Gasteiger partial charge >= 0.3 is 14.8 Å². The summed E-state index contributed by atoms with van der Waals surface area (Å²) in [4.78, 5) is 0. The average Bonchev–Trinajstić information content (AvgIpc) is 0.811. The van der Waals surface area contributed by atoms with E-state index in [2.05, 4.69) is 0 Å². The molecule has 1 N–H and O–H groups in total. The summed E-state index contributed by atoms with van der Waals surface area (Å²) in [5.74, 6) is 0. The molecule has 0 rings (SSSR count). The Labute approximate surface area is 44.9 Å². The molecule has 0 aromatic rings. The molecule has 0 fully saturated rings. The van der Waals surface area contributed by atoms with Crippen molar-refractivity contribution >= 4 is 0 Å². The molecule has 0 aromatic heterocycles. The van der Waals surface area contributed by atoms with Gasteiger partial charge in [-0.25, -0.2) is 0 Å². The van der Waals surface area contributed by atoms with Crippen LogP contribution in [0.5, 0.6) is 0 Å². The summed E-state index contributed by atoms with van der Waals surface area (Å²) in [5.41, 5.74) is 0. The fourth-order valence-electron chi connectivity index (χ4n) is 0. The van der Waals surface area contributed by atoms with E-state index in [1.165, 1.54) is 0 Å². The molecule has 5 heteroatoms. The minimum absolute atomic E-state index is 0. The molecule has 0 amide bonds. The average molecular weight is 192 g/mol. The minimum atomic E-state index is -3.40. The summed E-state index contributed by atoms with van der Waals surface area (Å²) in [7, 11) is 0. The summed E-state index contributed by atoms with van der Waals surface area (Å²) in [6.07, 6.45) is 0. The van der Waals surface area contributed by atoms with Crippen LogP contribution in [0.25, 0.3) is 0 Å². The van der Waals surface area contributed by atoms with Crippen molar-refractivity contribution in [3.8, 4) is 0 Å². The number of hydrogen-bond donors (Lipinski definition) is 1. The summed E-state index contributed by atoms with van der Waals surface area (Å²) in [6.45, 7) is 0. The van der Waals surface area contributed by atoms with Crippen molar-refractivity contribution in [2.45, 2.75) is 0 Å². The van der Waals surface area contributed by atoms with Crippen LogP contribution in [0.2, 0.25) is 0 Å².